The van der Waals surface area contributed by atoms with Crippen LogP contribution in [0.3, 0.4) is 0 Å². The molecule has 1 rings (SSSR count). The summed E-state index contributed by atoms with van der Waals surface area (Å²) >= 11 is 0. The normalized spacial score (nSPS) is 9.57. The van der Waals surface area contributed by atoms with Crippen LogP contribution >= 0.6 is 0 Å². The Hall–Kier alpha value is -1.95. The quantitative estimate of drug-likeness (QED) is 0.323. The molecule has 1 aromatic rings. The van der Waals surface area contributed by atoms with E-state index in [1.54, 1.807) is 0 Å². The topological polar surface area (TPSA) is 89.5 Å². The molecule has 0 unspecified atom stereocenters. The molecule has 0 aromatic heterocycles. The predicted octanol–water partition coefficient (Wildman–Crippen LogP) is 0.541. The third-order valence-corrected chi connectivity index (χ3v) is 1.65. The number of benzene rings is 1. The summed E-state index contributed by atoms with van der Waals surface area (Å²) in [4.78, 5) is 21.0. The van der Waals surface area contributed by atoms with Gasteiger partial charge in [0.1, 0.15) is 0 Å². The molecule has 6 heteroatoms. The molecule has 0 atom stereocenters. The molecule has 0 aliphatic carbocycles. The average molecular weight is 195 g/mol. The number of amides is 1. The molecule has 0 spiro atoms. The van der Waals surface area contributed by atoms with Crippen molar-refractivity contribution in [2.45, 2.75) is 0 Å². The Balaban J connectivity index is 2.94. The van der Waals surface area contributed by atoms with E-state index in [9.17, 15) is 14.9 Å². The van der Waals surface area contributed by atoms with E-state index >= 15 is 0 Å². The lowest BCUT2D eigenvalue weighted by Gasteiger charge is -2.08. The summed E-state index contributed by atoms with van der Waals surface area (Å²) < 4.78 is 0. The van der Waals surface area contributed by atoms with E-state index in [2.05, 4.69) is 0 Å². The number of hydrogen-bond donors (Lipinski definition) is 1. The molecule has 14 heavy (non-hydrogen) atoms. The zero-order valence-electron chi connectivity index (χ0n) is 7.51. The van der Waals surface area contributed by atoms with Crippen LogP contribution in [0.15, 0.2) is 24.3 Å². The monoisotopic (exact) mass is 195 g/mol. The number of hydrogen-bond acceptors (Lipinski definition) is 4. The molecule has 1 aromatic carbocycles. The molecule has 2 N–H and O–H groups in total. The van der Waals surface area contributed by atoms with Gasteiger partial charge in [-0.1, -0.05) is 0 Å². The third-order valence-electron chi connectivity index (χ3n) is 1.65. The molecule has 0 aliphatic rings. The summed E-state index contributed by atoms with van der Waals surface area (Å²) in [5.74, 6) is 4.83. The first kappa shape index (κ1) is 10.1. The Bertz CT molecular complexity index is 359. The maximum Gasteiger partial charge on any atom is 0.269 e. The predicted molar refractivity (Wildman–Crippen MR) is 49.4 cm³/mol. The first-order valence-electron chi connectivity index (χ1n) is 3.79. The number of rotatable bonds is 2. The fraction of sp³-hybridized carbons (Fsp3) is 0.125. The van der Waals surface area contributed by atoms with E-state index in [4.69, 9.17) is 5.84 Å². The van der Waals surface area contributed by atoms with Gasteiger partial charge in [-0.2, -0.15) is 0 Å². The van der Waals surface area contributed by atoms with Gasteiger partial charge in [-0.25, -0.2) is 5.84 Å². The molecular formula is C8H9N3O3. The van der Waals surface area contributed by atoms with Crippen LogP contribution in [0.25, 0.3) is 0 Å². The lowest BCUT2D eigenvalue weighted by atomic mass is 10.2. The molecule has 0 radical (unpaired) electrons. The highest BCUT2D eigenvalue weighted by molar-refractivity contribution is 5.93. The number of carbonyl (C=O) groups excluding carboxylic acids is 1. The molecule has 74 valence electrons. The molecule has 0 saturated carbocycles. The number of hydrazine groups is 1. The smallest absolute Gasteiger partial charge is 0.269 e. The van der Waals surface area contributed by atoms with Crippen molar-refractivity contribution in [3.05, 3.63) is 39.9 Å². The van der Waals surface area contributed by atoms with E-state index in [0.29, 0.717) is 5.56 Å². The maximum absolute atomic E-state index is 11.3. The highest BCUT2D eigenvalue weighted by atomic mass is 16.6. The van der Waals surface area contributed by atoms with Crippen molar-refractivity contribution < 1.29 is 9.72 Å². The van der Waals surface area contributed by atoms with Gasteiger partial charge in [0, 0.05) is 24.7 Å². The van der Waals surface area contributed by atoms with Gasteiger partial charge in [0.25, 0.3) is 11.6 Å². The van der Waals surface area contributed by atoms with E-state index in [1.807, 2.05) is 0 Å². The minimum absolute atomic E-state index is 0.0544. The lowest BCUT2D eigenvalue weighted by Crippen LogP contribution is -2.32. The Morgan fingerprint density at radius 1 is 1.43 bits per heavy atom. The van der Waals surface area contributed by atoms with Crippen molar-refractivity contribution in [3.63, 3.8) is 0 Å². The van der Waals surface area contributed by atoms with E-state index in [1.165, 1.54) is 31.3 Å². The highest BCUT2D eigenvalue weighted by Crippen LogP contribution is 2.12. The van der Waals surface area contributed by atoms with Crippen molar-refractivity contribution in [2.24, 2.45) is 5.84 Å². The van der Waals surface area contributed by atoms with Gasteiger partial charge in [0.05, 0.1) is 4.92 Å². The van der Waals surface area contributed by atoms with Crippen LogP contribution in [0.2, 0.25) is 0 Å². The van der Waals surface area contributed by atoms with Gasteiger partial charge in [0.2, 0.25) is 0 Å². The average Bonchev–Trinajstić information content (AvgIpc) is 2.16. The van der Waals surface area contributed by atoms with Crippen LogP contribution in [0.1, 0.15) is 10.4 Å². The van der Waals surface area contributed by atoms with Crippen LogP contribution in [-0.4, -0.2) is 22.9 Å². The first-order valence-corrected chi connectivity index (χ1v) is 3.79. The van der Waals surface area contributed by atoms with Crippen molar-refractivity contribution in [1.29, 1.82) is 0 Å². The first-order chi connectivity index (χ1) is 6.52. The highest BCUT2D eigenvalue weighted by Gasteiger charge is 2.10. The Kier molecular flexibility index (Phi) is 2.78. The zero-order chi connectivity index (χ0) is 10.7. The van der Waals surface area contributed by atoms with Gasteiger partial charge in [-0.05, 0) is 12.1 Å². The third kappa shape index (κ3) is 2.05. The van der Waals surface area contributed by atoms with Gasteiger partial charge >= 0.3 is 0 Å². The fourth-order valence-corrected chi connectivity index (χ4v) is 0.929. The van der Waals surface area contributed by atoms with Gasteiger partial charge < -0.3 is 0 Å². The van der Waals surface area contributed by atoms with Crippen LogP contribution in [0.5, 0.6) is 0 Å². The molecule has 0 aliphatic heterocycles. The zero-order valence-corrected chi connectivity index (χ0v) is 7.51. The van der Waals surface area contributed by atoms with Crippen molar-refractivity contribution in [3.8, 4) is 0 Å². The lowest BCUT2D eigenvalue weighted by molar-refractivity contribution is -0.384. The molecule has 0 saturated heterocycles. The number of nitro groups is 1. The van der Waals surface area contributed by atoms with Gasteiger partial charge in [-0.15, -0.1) is 0 Å². The SMILES string of the molecule is CN(N)C(=O)c1ccc([N+](=O)[O-])cc1. The Morgan fingerprint density at radius 3 is 2.29 bits per heavy atom. The number of carbonyl (C=O) groups is 1. The minimum Gasteiger partial charge on any atom is -0.280 e. The summed E-state index contributed by atoms with van der Waals surface area (Å²) in [6.45, 7) is 0. The Morgan fingerprint density at radius 2 is 1.93 bits per heavy atom. The molecule has 6 nitrogen and oxygen atoms in total. The number of non-ortho nitro benzene ring substituents is 1. The molecule has 0 heterocycles. The molecule has 0 fully saturated rings. The maximum atomic E-state index is 11.3. The van der Waals surface area contributed by atoms with Crippen LogP contribution in [-0.2, 0) is 0 Å². The van der Waals surface area contributed by atoms with Crippen molar-refractivity contribution in [1.82, 2.24) is 5.01 Å². The number of nitro benzene ring substituents is 1. The summed E-state index contributed by atoms with van der Waals surface area (Å²) in [6.07, 6.45) is 0. The fourth-order valence-electron chi connectivity index (χ4n) is 0.929. The molecule has 1 amide bonds. The second-order valence-electron chi connectivity index (χ2n) is 2.72. The van der Waals surface area contributed by atoms with Crippen molar-refractivity contribution >= 4 is 11.6 Å². The number of nitrogens with zero attached hydrogens (tertiary/aromatic N) is 2. The summed E-state index contributed by atoms with van der Waals surface area (Å²) in [5, 5.41) is 11.2. The van der Waals surface area contributed by atoms with Gasteiger partial charge in [-0.3, -0.25) is 19.9 Å². The number of nitrogens with two attached hydrogens (primary N) is 1. The second kappa shape index (κ2) is 3.84. The summed E-state index contributed by atoms with van der Waals surface area (Å²) in [7, 11) is 1.41. The largest absolute Gasteiger partial charge is 0.280 e. The Labute approximate surface area is 80.0 Å². The van der Waals surface area contributed by atoms with Gasteiger partial charge in [0.15, 0.2) is 0 Å². The van der Waals surface area contributed by atoms with Crippen LogP contribution < -0.4 is 5.84 Å². The standard InChI is InChI=1S/C8H9N3O3/c1-10(9)8(12)6-2-4-7(5-3-6)11(13)14/h2-5H,9H2,1H3. The van der Waals surface area contributed by atoms with Crippen molar-refractivity contribution in [2.75, 3.05) is 7.05 Å². The van der Waals surface area contributed by atoms with E-state index < -0.39 is 4.92 Å². The van der Waals surface area contributed by atoms with E-state index in [-0.39, 0.29) is 11.6 Å². The van der Waals surface area contributed by atoms with Crippen LogP contribution in [0.4, 0.5) is 5.69 Å². The minimum atomic E-state index is -0.527. The van der Waals surface area contributed by atoms with Crippen LogP contribution in [0, 0.1) is 10.1 Å². The molecular weight excluding hydrogens is 186 g/mol. The second-order valence-corrected chi connectivity index (χ2v) is 2.72. The molecule has 0 bridgehead atoms. The van der Waals surface area contributed by atoms with E-state index in [0.717, 1.165) is 5.01 Å². The summed E-state index contributed by atoms with van der Waals surface area (Å²) in [6, 6.07) is 5.25. The summed E-state index contributed by atoms with van der Waals surface area (Å²) in [5.41, 5.74) is 0.266.